The Morgan fingerprint density at radius 2 is 1.89 bits per heavy atom. The molecule has 0 heterocycles. The lowest BCUT2D eigenvalue weighted by atomic mass is 10.4. The summed E-state index contributed by atoms with van der Waals surface area (Å²) in [4.78, 5) is 0. The van der Waals surface area contributed by atoms with Crippen molar-refractivity contribution in [3.8, 4) is 0 Å². The molecule has 9 heavy (non-hydrogen) atoms. The lowest BCUT2D eigenvalue weighted by Crippen LogP contribution is -1.57. The van der Waals surface area contributed by atoms with Crippen LogP contribution in [0, 0.1) is 0 Å². The highest BCUT2D eigenvalue weighted by molar-refractivity contribution is 9.11. The van der Waals surface area contributed by atoms with Crippen LogP contribution in [0.25, 0.3) is 0 Å². The third-order valence-electron chi connectivity index (χ3n) is 0.774. The summed E-state index contributed by atoms with van der Waals surface area (Å²) in [6.07, 6.45) is 9.97. The van der Waals surface area contributed by atoms with Crippen LogP contribution in [0.4, 0.5) is 0 Å². The monoisotopic (exact) mass is 186 g/mol. The predicted molar refractivity (Wildman–Crippen MR) is 46.6 cm³/mol. The Kier molecular flexibility index (Phi) is 5.64. The quantitative estimate of drug-likeness (QED) is 0.581. The number of hydrogen-bond donors (Lipinski definition) is 0. The van der Waals surface area contributed by atoms with Gasteiger partial charge in [0, 0.05) is 4.48 Å². The van der Waals surface area contributed by atoms with Crippen LogP contribution in [0.2, 0.25) is 0 Å². The third kappa shape index (κ3) is 5.57. The van der Waals surface area contributed by atoms with Gasteiger partial charge in [0.2, 0.25) is 0 Å². The zero-order valence-corrected chi connectivity index (χ0v) is 7.35. The topological polar surface area (TPSA) is 0 Å². The van der Waals surface area contributed by atoms with E-state index in [1.54, 1.807) is 0 Å². The molecule has 0 aromatic carbocycles. The van der Waals surface area contributed by atoms with Gasteiger partial charge in [0.25, 0.3) is 0 Å². The van der Waals surface area contributed by atoms with Crippen LogP contribution in [-0.4, -0.2) is 0 Å². The van der Waals surface area contributed by atoms with E-state index in [1.165, 1.54) is 0 Å². The van der Waals surface area contributed by atoms with Crippen LogP contribution in [0.3, 0.4) is 0 Å². The molecule has 1 heteroatoms. The summed E-state index contributed by atoms with van der Waals surface area (Å²) >= 11 is 3.36. The molecule has 0 bridgehead atoms. The Labute approximate surface area is 65.1 Å². The first-order chi connectivity index (χ1) is 4.31. The van der Waals surface area contributed by atoms with Gasteiger partial charge in [0.15, 0.2) is 0 Å². The lowest BCUT2D eigenvalue weighted by molar-refractivity contribution is 1.69. The van der Waals surface area contributed by atoms with Gasteiger partial charge in [-0.3, -0.25) is 0 Å². The van der Waals surface area contributed by atoms with E-state index in [0.717, 1.165) is 4.48 Å². The molecule has 0 amide bonds. The molecule has 0 radical (unpaired) electrons. The van der Waals surface area contributed by atoms with E-state index >= 15 is 0 Å². The fraction of sp³-hybridized carbons (Fsp3) is 0.250. The summed E-state index contributed by atoms with van der Waals surface area (Å²) in [6, 6.07) is 0. The highest BCUT2D eigenvalue weighted by Gasteiger charge is 1.75. The van der Waals surface area contributed by atoms with Crippen molar-refractivity contribution in [2.75, 3.05) is 0 Å². The van der Waals surface area contributed by atoms with Crippen molar-refractivity contribution < 1.29 is 0 Å². The Balaban J connectivity index is 3.84. The van der Waals surface area contributed by atoms with Crippen LogP contribution in [-0.2, 0) is 0 Å². The molecule has 50 valence electrons. The molecule has 0 saturated carbocycles. The zero-order valence-electron chi connectivity index (χ0n) is 5.76. The first kappa shape index (κ1) is 8.70. The van der Waals surface area contributed by atoms with Crippen LogP contribution in [0.1, 0.15) is 13.8 Å². The molecule has 0 rings (SSSR count). The first-order valence-corrected chi connectivity index (χ1v) is 3.71. The standard InChI is InChI=1S/C8H11Br/c1-3-5-7-8(9)6-4-2/h3-7H,1-2H3/b5-3+,6-4-,8-7+. The van der Waals surface area contributed by atoms with E-state index < -0.39 is 0 Å². The molecule has 0 aliphatic heterocycles. The Morgan fingerprint density at radius 3 is 2.33 bits per heavy atom. The maximum absolute atomic E-state index is 3.36. The molecule has 0 aliphatic carbocycles. The molecule has 0 N–H and O–H groups in total. The van der Waals surface area contributed by atoms with E-state index in [9.17, 15) is 0 Å². The second kappa shape index (κ2) is 5.83. The lowest BCUT2D eigenvalue weighted by Gasteiger charge is -1.81. The van der Waals surface area contributed by atoms with Gasteiger partial charge >= 0.3 is 0 Å². The van der Waals surface area contributed by atoms with E-state index in [-0.39, 0.29) is 0 Å². The van der Waals surface area contributed by atoms with Gasteiger partial charge in [0.05, 0.1) is 0 Å². The second-order valence-corrected chi connectivity index (χ2v) is 2.49. The van der Waals surface area contributed by atoms with Crippen molar-refractivity contribution in [1.29, 1.82) is 0 Å². The van der Waals surface area contributed by atoms with E-state index in [1.807, 2.05) is 44.2 Å². The molecule has 0 aliphatic rings. The maximum atomic E-state index is 3.36. The minimum absolute atomic E-state index is 1.10. The number of rotatable bonds is 2. The second-order valence-electron chi connectivity index (χ2n) is 1.58. The van der Waals surface area contributed by atoms with Crippen molar-refractivity contribution in [2.24, 2.45) is 0 Å². The van der Waals surface area contributed by atoms with Gasteiger partial charge in [-0.2, -0.15) is 0 Å². The minimum Gasteiger partial charge on any atom is -0.0876 e. The molecule has 0 atom stereocenters. The van der Waals surface area contributed by atoms with E-state index in [0.29, 0.717) is 0 Å². The van der Waals surface area contributed by atoms with Gasteiger partial charge in [-0.1, -0.05) is 40.2 Å². The van der Waals surface area contributed by atoms with Gasteiger partial charge in [-0.05, 0) is 19.9 Å². The molecule has 0 nitrogen and oxygen atoms in total. The molecule has 0 saturated heterocycles. The number of allylic oxidation sites excluding steroid dienone is 6. The maximum Gasteiger partial charge on any atom is 0.0171 e. The van der Waals surface area contributed by atoms with Crippen molar-refractivity contribution in [1.82, 2.24) is 0 Å². The van der Waals surface area contributed by atoms with Gasteiger partial charge in [0.1, 0.15) is 0 Å². The fourth-order valence-corrected chi connectivity index (χ4v) is 0.820. The van der Waals surface area contributed by atoms with Crippen molar-refractivity contribution in [3.05, 3.63) is 34.9 Å². The smallest absolute Gasteiger partial charge is 0.0171 e. The zero-order chi connectivity index (χ0) is 7.11. The fourth-order valence-electron chi connectivity index (χ4n) is 0.403. The third-order valence-corrected chi connectivity index (χ3v) is 1.30. The first-order valence-electron chi connectivity index (χ1n) is 2.92. The summed E-state index contributed by atoms with van der Waals surface area (Å²) < 4.78 is 1.10. The Bertz CT molecular complexity index is 141. The molecule has 0 aromatic heterocycles. The minimum atomic E-state index is 1.10. The van der Waals surface area contributed by atoms with Crippen molar-refractivity contribution in [3.63, 3.8) is 0 Å². The average Bonchev–Trinajstić information content (AvgIpc) is 1.85. The van der Waals surface area contributed by atoms with Gasteiger partial charge < -0.3 is 0 Å². The molecule has 0 fully saturated rings. The summed E-state index contributed by atoms with van der Waals surface area (Å²) in [7, 11) is 0. The summed E-state index contributed by atoms with van der Waals surface area (Å²) in [5.41, 5.74) is 0. The SMILES string of the molecule is C\C=C/C(Br)=C\C=C\C. The van der Waals surface area contributed by atoms with E-state index in [2.05, 4.69) is 15.9 Å². The van der Waals surface area contributed by atoms with Crippen LogP contribution in [0.5, 0.6) is 0 Å². The highest BCUT2D eigenvalue weighted by Crippen LogP contribution is 2.05. The summed E-state index contributed by atoms with van der Waals surface area (Å²) in [5, 5.41) is 0. The molecular weight excluding hydrogens is 176 g/mol. The van der Waals surface area contributed by atoms with Crippen molar-refractivity contribution >= 4 is 15.9 Å². The largest absolute Gasteiger partial charge is 0.0876 e. The van der Waals surface area contributed by atoms with Crippen LogP contribution >= 0.6 is 15.9 Å². The summed E-state index contributed by atoms with van der Waals surface area (Å²) in [5.74, 6) is 0. The van der Waals surface area contributed by atoms with Gasteiger partial charge in [-0.15, -0.1) is 0 Å². The highest BCUT2D eigenvalue weighted by atomic mass is 79.9. The average molecular weight is 187 g/mol. The predicted octanol–water partition coefficient (Wildman–Crippen LogP) is 3.42. The molecule has 0 spiro atoms. The Morgan fingerprint density at radius 1 is 1.22 bits per heavy atom. The van der Waals surface area contributed by atoms with Crippen LogP contribution < -0.4 is 0 Å². The van der Waals surface area contributed by atoms with E-state index in [4.69, 9.17) is 0 Å². The Hall–Kier alpha value is -0.300. The van der Waals surface area contributed by atoms with Gasteiger partial charge in [-0.25, -0.2) is 0 Å². The summed E-state index contributed by atoms with van der Waals surface area (Å²) in [6.45, 7) is 3.98. The molecular formula is C8H11Br. The molecule has 0 unspecified atom stereocenters. The van der Waals surface area contributed by atoms with Crippen LogP contribution in [0.15, 0.2) is 34.9 Å². The van der Waals surface area contributed by atoms with Crippen molar-refractivity contribution in [2.45, 2.75) is 13.8 Å². The normalized spacial score (nSPS) is 13.9. The number of halogens is 1. The number of hydrogen-bond acceptors (Lipinski definition) is 0. The molecule has 0 aromatic rings.